The van der Waals surface area contributed by atoms with Gasteiger partial charge in [0.2, 0.25) is 0 Å². The first kappa shape index (κ1) is 13.8. The molecule has 0 aliphatic heterocycles. The number of H-pyrrole nitrogens is 1. The number of fused-ring (bicyclic) bond motifs is 1. The van der Waals surface area contributed by atoms with Crippen LogP contribution in [0.25, 0.3) is 11.2 Å². The van der Waals surface area contributed by atoms with E-state index in [0.29, 0.717) is 0 Å². The first-order valence-electron chi connectivity index (χ1n) is 6.93. The predicted octanol–water partition coefficient (Wildman–Crippen LogP) is 2.09. The Labute approximate surface area is 114 Å². The van der Waals surface area contributed by atoms with Crippen molar-refractivity contribution in [2.75, 3.05) is 25.5 Å². The topological polar surface area (TPSA) is 70.8 Å². The SMILES string of the molecule is CN(C)c1ccc2[nH]c(CCCCCCN)nc2n1. The van der Waals surface area contributed by atoms with Gasteiger partial charge in [-0.15, -0.1) is 0 Å². The van der Waals surface area contributed by atoms with Gasteiger partial charge in [0.25, 0.3) is 0 Å². The molecule has 0 bridgehead atoms. The number of unbranched alkanes of at least 4 members (excludes halogenated alkanes) is 3. The molecule has 2 rings (SSSR count). The van der Waals surface area contributed by atoms with Crippen molar-refractivity contribution in [2.45, 2.75) is 32.1 Å². The molecule has 0 aromatic carbocycles. The minimum absolute atomic E-state index is 0.794. The third-order valence-electron chi connectivity index (χ3n) is 3.21. The Hall–Kier alpha value is -1.62. The zero-order valence-corrected chi connectivity index (χ0v) is 11.8. The van der Waals surface area contributed by atoms with Crippen LogP contribution in [0.5, 0.6) is 0 Å². The number of nitrogens with two attached hydrogens (primary N) is 1. The van der Waals surface area contributed by atoms with E-state index in [2.05, 4.69) is 15.0 Å². The maximum atomic E-state index is 5.48. The molecule has 0 spiro atoms. The van der Waals surface area contributed by atoms with Gasteiger partial charge in [-0.3, -0.25) is 0 Å². The quantitative estimate of drug-likeness (QED) is 0.749. The number of anilines is 1. The number of aromatic amines is 1. The fourth-order valence-corrected chi connectivity index (χ4v) is 2.09. The van der Waals surface area contributed by atoms with Crippen molar-refractivity contribution in [3.63, 3.8) is 0 Å². The monoisotopic (exact) mass is 261 g/mol. The van der Waals surface area contributed by atoms with Gasteiger partial charge >= 0.3 is 0 Å². The first-order valence-corrected chi connectivity index (χ1v) is 6.93. The van der Waals surface area contributed by atoms with Crippen LogP contribution in [-0.2, 0) is 6.42 Å². The van der Waals surface area contributed by atoms with Gasteiger partial charge in [-0.2, -0.15) is 0 Å². The molecule has 0 unspecified atom stereocenters. The highest BCUT2D eigenvalue weighted by Gasteiger charge is 2.06. The van der Waals surface area contributed by atoms with Crippen molar-refractivity contribution in [1.82, 2.24) is 15.0 Å². The summed E-state index contributed by atoms with van der Waals surface area (Å²) in [5.41, 5.74) is 7.31. The second-order valence-electron chi connectivity index (χ2n) is 5.07. The zero-order chi connectivity index (χ0) is 13.7. The summed E-state index contributed by atoms with van der Waals surface area (Å²) in [6, 6.07) is 4.05. The maximum Gasteiger partial charge on any atom is 0.179 e. The number of imidazole rings is 1. The molecule has 104 valence electrons. The van der Waals surface area contributed by atoms with Crippen molar-refractivity contribution >= 4 is 17.0 Å². The lowest BCUT2D eigenvalue weighted by Crippen LogP contribution is -2.10. The summed E-state index contributed by atoms with van der Waals surface area (Å²) < 4.78 is 0. The predicted molar refractivity (Wildman–Crippen MR) is 79.4 cm³/mol. The van der Waals surface area contributed by atoms with E-state index in [4.69, 9.17) is 5.73 Å². The van der Waals surface area contributed by atoms with Gasteiger partial charge in [0.1, 0.15) is 11.6 Å². The third kappa shape index (κ3) is 3.67. The van der Waals surface area contributed by atoms with E-state index in [0.717, 1.165) is 48.6 Å². The molecule has 0 amide bonds. The molecule has 0 saturated heterocycles. The van der Waals surface area contributed by atoms with E-state index in [-0.39, 0.29) is 0 Å². The summed E-state index contributed by atoms with van der Waals surface area (Å²) in [5, 5.41) is 0. The summed E-state index contributed by atoms with van der Waals surface area (Å²) in [6.07, 6.45) is 5.68. The van der Waals surface area contributed by atoms with Crippen LogP contribution >= 0.6 is 0 Å². The maximum absolute atomic E-state index is 5.48. The Balaban J connectivity index is 1.97. The molecular weight excluding hydrogens is 238 g/mol. The molecule has 0 aliphatic rings. The Kier molecular flexibility index (Phi) is 4.74. The third-order valence-corrected chi connectivity index (χ3v) is 3.21. The number of rotatable bonds is 7. The van der Waals surface area contributed by atoms with Crippen LogP contribution in [0.1, 0.15) is 31.5 Å². The number of aryl methyl sites for hydroxylation is 1. The molecule has 19 heavy (non-hydrogen) atoms. The fraction of sp³-hybridized carbons (Fsp3) is 0.571. The average molecular weight is 261 g/mol. The van der Waals surface area contributed by atoms with Gasteiger partial charge in [-0.05, 0) is 31.5 Å². The number of pyridine rings is 1. The smallest absolute Gasteiger partial charge is 0.179 e. The molecule has 5 heteroatoms. The Morgan fingerprint density at radius 3 is 2.63 bits per heavy atom. The Morgan fingerprint density at radius 2 is 1.89 bits per heavy atom. The lowest BCUT2D eigenvalue weighted by atomic mass is 10.1. The highest BCUT2D eigenvalue weighted by Crippen LogP contribution is 2.15. The summed E-state index contributed by atoms with van der Waals surface area (Å²) in [4.78, 5) is 14.4. The molecule has 0 radical (unpaired) electrons. The van der Waals surface area contributed by atoms with Gasteiger partial charge in [0, 0.05) is 20.5 Å². The van der Waals surface area contributed by atoms with E-state index >= 15 is 0 Å². The van der Waals surface area contributed by atoms with Gasteiger partial charge in [-0.1, -0.05) is 12.8 Å². The second kappa shape index (κ2) is 6.52. The first-order chi connectivity index (χ1) is 9.20. The van der Waals surface area contributed by atoms with Crippen molar-refractivity contribution < 1.29 is 0 Å². The van der Waals surface area contributed by atoms with Crippen molar-refractivity contribution in [3.8, 4) is 0 Å². The number of aromatic nitrogens is 3. The number of nitrogens with zero attached hydrogens (tertiary/aromatic N) is 3. The summed E-state index contributed by atoms with van der Waals surface area (Å²) in [5.74, 6) is 1.97. The Bertz CT molecular complexity index is 518. The zero-order valence-electron chi connectivity index (χ0n) is 11.8. The highest BCUT2D eigenvalue weighted by atomic mass is 15.1. The number of nitrogens with one attached hydrogen (secondary N) is 1. The normalized spacial score (nSPS) is 11.1. The van der Waals surface area contributed by atoms with Crippen molar-refractivity contribution in [3.05, 3.63) is 18.0 Å². The highest BCUT2D eigenvalue weighted by molar-refractivity contribution is 5.73. The van der Waals surface area contributed by atoms with E-state index in [9.17, 15) is 0 Å². The fourth-order valence-electron chi connectivity index (χ4n) is 2.09. The molecule has 3 N–H and O–H groups in total. The standard InChI is InChI=1S/C14H23N5/c1-19(2)13-9-8-11-14(18-13)17-12(16-11)7-5-3-4-6-10-15/h8-9H,3-7,10,15H2,1-2H3,(H,16,17,18). The second-order valence-corrected chi connectivity index (χ2v) is 5.07. The van der Waals surface area contributed by atoms with Crippen LogP contribution < -0.4 is 10.6 Å². The lowest BCUT2D eigenvalue weighted by molar-refractivity contribution is 0.638. The summed E-state index contributed by atoms with van der Waals surface area (Å²) in [7, 11) is 3.97. The van der Waals surface area contributed by atoms with Crippen LogP contribution in [0.15, 0.2) is 12.1 Å². The lowest BCUT2D eigenvalue weighted by Gasteiger charge is -2.09. The minimum atomic E-state index is 0.794. The molecule has 5 nitrogen and oxygen atoms in total. The minimum Gasteiger partial charge on any atom is -0.363 e. The van der Waals surface area contributed by atoms with Crippen molar-refractivity contribution in [2.24, 2.45) is 5.73 Å². The van der Waals surface area contributed by atoms with Crippen LogP contribution in [0, 0.1) is 0 Å². The van der Waals surface area contributed by atoms with Gasteiger partial charge in [0.15, 0.2) is 5.65 Å². The number of hydrogen-bond acceptors (Lipinski definition) is 4. The molecule has 0 atom stereocenters. The molecule has 0 aliphatic carbocycles. The van der Waals surface area contributed by atoms with Crippen LogP contribution in [-0.4, -0.2) is 35.6 Å². The van der Waals surface area contributed by atoms with Crippen LogP contribution in [0.2, 0.25) is 0 Å². The summed E-state index contributed by atoms with van der Waals surface area (Å²) >= 11 is 0. The number of hydrogen-bond donors (Lipinski definition) is 2. The average Bonchev–Trinajstić information content (AvgIpc) is 2.80. The molecular formula is C14H23N5. The van der Waals surface area contributed by atoms with Crippen LogP contribution in [0.3, 0.4) is 0 Å². The largest absolute Gasteiger partial charge is 0.363 e. The van der Waals surface area contributed by atoms with E-state index in [1.165, 1.54) is 12.8 Å². The van der Waals surface area contributed by atoms with Gasteiger partial charge in [0.05, 0.1) is 5.52 Å². The van der Waals surface area contributed by atoms with Gasteiger partial charge < -0.3 is 15.6 Å². The van der Waals surface area contributed by atoms with E-state index < -0.39 is 0 Å². The summed E-state index contributed by atoms with van der Waals surface area (Å²) in [6.45, 7) is 0.794. The molecule has 0 saturated carbocycles. The Morgan fingerprint density at radius 1 is 1.11 bits per heavy atom. The molecule has 2 aromatic heterocycles. The van der Waals surface area contributed by atoms with Crippen molar-refractivity contribution in [1.29, 1.82) is 0 Å². The molecule has 2 heterocycles. The van der Waals surface area contributed by atoms with Gasteiger partial charge in [-0.25, -0.2) is 9.97 Å². The molecule has 2 aromatic rings. The van der Waals surface area contributed by atoms with E-state index in [1.807, 2.05) is 31.1 Å². The van der Waals surface area contributed by atoms with Crippen LogP contribution in [0.4, 0.5) is 5.82 Å². The molecule has 0 fully saturated rings. The van der Waals surface area contributed by atoms with E-state index in [1.54, 1.807) is 0 Å².